The first-order chi connectivity index (χ1) is 7.65. The summed E-state index contributed by atoms with van der Waals surface area (Å²) in [6.45, 7) is 7.66. The van der Waals surface area contributed by atoms with Crippen LogP contribution in [0.1, 0.15) is 27.2 Å². The van der Waals surface area contributed by atoms with Gasteiger partial charge in [-0.1, -0.05) is 32.0 Å². The van der Waals surface area contributed by atoms with E-state index in [-0.39, 0.29) is 5.60 Å². The minimum absolute atomic E-state index is 0.0416. The Morgan fingerprint density at radius 1 is 1.38 bits per heavy atom. The van der Waals surface area contributed by atoms with Crippen LogP contribution >= 0.6 is 11.8 Å². The molecule has 1 fully saturated rings. The Hall–Kier alpha value is -0.470. The summed E-state index contributed by atoms with van der Waals surface area (Å²) in [5.41, 5.74) is 0.0416. The Morgan fingerprint density at radius 2 is 2.06 bits per heavy atom. The van der Waals surface area contributed by atoms with Crippen molar-refractivity contribution in [2.45, 2.75) is 42.9 Å². The van der Waals surface area contributed by atoms with E-state index in [9.17, 15) is 0 Å². The Bertz CT molecular complexity index is 338. The zero-order valence-corrected chi connectivity index (χ0v) is 11.1. The molecule has 3 atom stereocenters. The van der Waals surface area contributed by atoms with Crippen molar-refractivity contribution in [3.05, 3.63) is 30.3 Å². The summed E-state index contributed by atoms with van der Waals surface area (Å²) in [4.78, 5) is 1.35. The molecule has 0 bridgehead atoms. The topological polar surface area (TPSA) is 9.23 Å². The van der Waals surface area contributed by atoms with Gasteiger partial charge in [0.1, 0.15) is 0 Å². The predicted octanol–water partition coefficient (Wildman–Crippen LogP) is 3.98. The molecule has 0 spiro atoms. The van der Waals surface area contributed by atoms with Gasteiger partial charge in [0.05, 0.1) is 12.2 Å². The van der Waals surface area contributed by atoms with Gasteiger partial charge in [0.25, 0.3) is 0 Å². The molecule has 0 aromatic heterocycles. The number of rotatable bonds is 3. The fourth-order valence-electron chi connectivity index (χ4n) is 2.28. The van der Waals surface area contributed by atoms with E-state index in [4.69, 9.17) is 4.74 Å². The lowest BCUT2D eigenvalue weighted by Gasteiger charge is -2.30. The summed E-state index contributed by atoms with van der Waals surface area (Å²) in [5.74, 6) is 0.634. The molecule has 1 saturated heterocycles. The molecule has 0 amide bonds. The van der Waals surface area contributed by atoms with Crippen LogP contribution in [0.3, 0.4) is 0 Å². The quantitative estimate of drug-likeness (QED) is 0.785. The van der Waals surface area contributed by atoms with E-state index < -0.39 is 0 Å². The van der Waals surface area contributed by atoms with E-state index in [0.29, 0.717) is 11.2 Å². The highest BCUT2D eigenvalue weighted by Gasteiger charge is 2.43. The van der Waals surface area contributed by atoms with Crippen LogP contribution in [0.4, 0.5) is 0 Å². The Morgan fingerprint density at radius 3 is 2.69 bits per heavy atom. The van der Waals surface area contributed by atoms with E-state index in [1.807, 2.05) is 11.8 Å². The van der Waals surface area contributed by atoms with Gasteiger partial charge in [-0.15, -0.1) is 11.8 Å². The molecule has 0 radical (unpaired) electrons. The van der Waals surface area contributed by atoms with Crippen molar-refractivity contribution in [2.24, 2.45) is 5.92 Å². The number of thioether (sulfide) groups is 1. The van der Waals surface area contributed by atoms with E-state index in [1.54, 1.807) is 0 Å². The molecule has 2 rings (SSSR count). The van der Waals surface area contributed by atoms with E-state index in [1.165, 1.54) is 4.90 Å². The molecule has 1 aliphatic heterocycles. The minimum Gasteiger partial charge on any atom is -0.374 e. The lowest BCUT2D eigenvalue weighted by molar-refractivity contribution is 0.0189. The monoisotopic (exact) mass is 236 g/mol. The van der Waals surface area contributed by atoms with Gasteiger partial charge >= 0.3 is 0 Å². The molecule has 0 aliphatic carbocycles. The van der Waals surface area contributed by atoms with Crippen LogP contribution < -0.4 is 0 Å². The van der Waals surface area contributed by atoms with E-state index in [2.05, 4.69) is 51.1 Å². The van der Waals surface area contributed by atoms with Gasteiger partial charge in [-0.3, -0.25) is 0 Å². The fraction of sp³-hybridized carbons (Fsp3) is 0.571. The molecule has 0 N–H and O–H groups in total. The van der Waals surface area contributed by atoms with Gasteiger partial charge < -0.3 is 4.74 Å². The summed E-state index contributed by atoms with van der Waals surface area (Å²) < 4.78 is 5.97. The van der Waals surface area contributed by atoms with Crippen LogP contribution in [0.5, 0.6) is 0 Å². The second-order valence-corrected chi connectivity index (χ2v) is 6.02. The van der Waals surface area contributed by atoms with Gasteiger partial charge in [0, 0.05) is 10.1 Å². The van der Waals surface area contributed by atoms with E-state index in [0.717, 1.165) is 13.0 Å². The molecule has 2 heteroatoms. The van der Waals surface area contributed by atoms with Crippen LogP contribution in [0.2, 0.25) is 0 Å². The van der Waals surface area contributed by atoms with Crippen molar-refractivity contribution in [1.29, 1.82) is 0 Å². The summed E-state index contributed by atoms with van der Waals surface area (Å²) >= 11 is 1.97. The standard InChI is InChI=1S/C14H20OS/c1-4-14(3)13(11(2)10-15-14)16-12-8-6-5-7-9-12/h5-9,11,13H,4,10H2,1-3H3/t11-,13+,14-/m1/s1. The minimum atomic E-state index is 0.0416. The van der Waals surface area contributed by atoms with Crippen LogP contribution in [-0.4, -0.2) is 17.5 Å². The van der Waals surface area contributed by atoms with Crippen LogP contribution in [-0.2, 0) is 4.74 Å². The summed E-state index contributed by atoms with van der Waals surface area (Å²) in [5, 5.41) is 0.569. The predicted molar refractivity (Wildman–Crippen MR) is 69.9 cm³/mol. The molecule has 1 nitrogen and oxygen atoms in total. The largest absolute Gasteiger partial charge is 0.374 e. The maximum Gasteiger partial charge on any atom is 0.0777 e. The number of ether oxygens (including phenoxy) is 1. The molecule has 16 heavy (non-hydrogen) atoms. The van der Waals surface area contributed by atoms with Crippen LogP contribution in [0.25, 0.3) is 0 Å². The van der Waals surface area contributed by atoms with Crippen molar-refractivity contribution in [2.75, 3.05) is 6.61 Å². The van der Waals surface area contributed by atoms with Gasteiger partial charge in [0.15, 0.2) is 0 Å². The Kier molecular flexibility index (Phi) is 3.60. The smallest absolute Gasteiger partial charge is 0.0777 e. The maximum absolute atomic E-state index is 5.97. The molecule has 88 valence electrons. The Labute approximate surface area is 103 Å². The molecule has 0 saturated carbocycles. The van der Waals surface area contributed by atoms with Crippen molar-refractivity contribution in [1.82, 2.24) is 0 Å². The first kappa shape index (κ1) is 12.0. The third kappa shape index (κ3) is 2.28. The fourth-order valence-corrected chi connectivity index (χ4v) is 3.69. The first-order valence-corrected chi connectivity index (χ1v) is 6.89. The molecule has 0 unspecified atom stereocenters. The van der Waals surface area contributed by atoms with Gasteiger partial charge in [-0.05, 0) is 31.4 Å². The first-order valence-electron chi connectivity index (χ1n) is 6.01. The molecule has 1 aromatic rings. The zero-order chi connectivity index (χ0) is 11.6. The number of benzene rings is 1. The highest BCUT2D eigenvalue weighted by molar-refractivity contribution is 8.00. The maximum atomic E-state index is 5.97. The van der Waals surface area contributed by atoms with Crippen molar-refractivity contribution >= 4 is 11.8 Å². The van der Waals surface area contributed by atoms with Gasteiger partial charge in [-0.25, -0.2) is 0 Å². The third-order valence-corrected chi connectivity index (χ3v) is 5.26. The Balaban J connectivity index is 2.13. The van der Waals surface area contributed by atoms with Crippen molar-refractivity contribution in [3.63, 3.8) is 0 Å². The molecule has 1 aromatic carbocycles. The molecular weight excluding hydrogens is 216 g/mol. The normalized spacial score (nSPS) is 34.2. The van der Waals surface area contributed by atoms with Crippen molar-refractivity contribution in [3.8, 4) is 0 Å². The summed E-state index contributed by atoms with van der Waals surface area (Å²) in [7, 11) is 0. The second-order valence-electron chi connectivity index (χ2n) is 4.81. The molecular formula is C14H20OS. The van der Waals surface area contributed by atoms with Crippen LogP contribution in [0.15, 0.2) is 35.2 Å². The van der Waals surface area contributed by atoms with Crippen molar-refractivity contribution < 1.29 is 4.74 Å². The number of hydrogen-bond acceptors (Lipinski definition) is 2. The van der Waals surface area contributed by atoms with E-state index >= 15 is 0 Å². The summed E-state index contributed by atoms with van der Waals surface area (Å²) in [6, 6.07) is 10.6. The lowest BCUT2D eigenvalue weighted by Crippen LogP contribution is -2.34. The molecule has 1 aliphatic rings. The highest BCUT2D eigenvalue weighted by atomic mass is 32.2. The average molecular weight is 236 g/mol. The van der Waals surface area contributed by atoms with Gasteiger partial charge in [-0.2, -0.15) is 0 Å². The lowest BCUT2D eigenvalue weighted by atomic mass is 9.94. The second kappa shape index (κ2) is 4.80. The highest BCUT2D eigenvalue weighted by Crippen LogP contribution is 2.43. The molecule has 1 heterocycles. The van der Waals surface area contributed by atoms with Crippen LogP contribution in [0, 0.1) is 5.92 Å². The SMILES string of the molecule is CC[C@@]1(C)OC[C@@H](C)[C@@H]1Sc1ccccc1. The van der Waals surface area contributed by atoms with Gasteiger partial charge in [0.2, 0.25) is 0 Å². The third-order valence-electron chi connectivity index (χ3n) is 3.50. The summed E-state index contributed by atoms with van der Waals surface area (Å²) in [6.07, 6.45) is 1.09. The zero-order valence-electron chi connectivity index (χ0n) is 10.3. The number of hydrogen-bond donors (Lipinski definition) is 0. The average Bonchev–Trinajstić information content (AvgIpc) is 2.60.